The molecular weight excluding hydrogens is 212 g/mol. The summed E-state index contributed by atoms with van der Waals surface area (Å²) in [5.41, 5.74) is 0. The van der Waals surface area contributed by atoms with Gasteiger partial charge in [-0.3, -0.25) is 4.90 Å². The van der Waals surface area contributed by atoms with Gasteiger partial charge in [0.2, 0.25) is 0 Å². The molecular formula is C13H30N4. The van der Waals surface area contributed by atoms with Gasteiger partial charge in [0, 0.05) is 58.4 Å². The van der Waals surface area contributed by atoms with Gasteiger partial charge in [-0.15, -0.1) is 0 Å². The summed E-state index contributed by atoms with van der Waals surface area (Å²) in [6.07, 6.45) is 0. The fourth-order valence-electron chi connectivity index (χ4n) is 1.95. The highest BCUT2D eigenvalue weighted by Gasteiger charge is 2.12. The number of nitrogens with one attached hydrogen (secondary N) is 1. The Labute approximate surface area is 107 Å². The molecule has 17 heavy (non-hydrogen) atoms. The van der Waals surface area contributed by atoms with Crippen LogP contribution in [-0.2, 0) is 0 Å². The van der Waals surface area contributed by atoms with E-state index in [4.69, 9.17) is 0 Å². The van der Waals surface area contributed by atoms with E-state index in [1.807, 2.05) is 0 Å². The van der Waals surface area contributed by atoms with E-state index in [1.54, 1.807) is 0 Å². The van der Waals surface area contributed by atoms with Gasteiger partial charge in [0.05, 0.1) is 0 Å². The third kappa shape index (κ3) is 6.36. The molecule has 4 nitrogen and oxygen atoms in total. The Hall–Kier alpha value is -0.160. The van der Waals surface area contributed by atoms with Gasteiger partial charge in [-0.2, -0.15) is 0 Å². The van der Waals surface area contributed by atoms with Gasteiger partial charge in [-0.25, -0.2) is 0 Å². The van der Waals surface area contributed by atoms with Gasteiger partial charge < -0.3 is 15.1 Å². The van der Waals surface area contributed by atoms with E-state index in [1.165, 1.54) is 32.7 Å². The van der Waals surface area contributed by atoms with E-state index in [0.29, 0.717) is 6.04 Å². The second-order valence-electron chi connectivity index (χ2n) is 5.47. The molecule has 1 saturated heterocycles. The smallest absolute Gasteiger partial charge is 0.0110 e. The highest BCUT2D eigenvalue weighted by atomic mass is 15.2. The Morgan fingerprint density at radius 2 is 1.76 bits per heavy atom. The van der Waals surface area contributed by atoms with Gasteiger partial charge in [0.1, 0.15) is 0 Å². The molecule has 0 atom stereocenters. The summed E-state index contributed by atoms with van der Waals surface area (Å²) in [5.74, 6) is 0. The van der Waals surface area contributed by atoms with Crippen molar-refractivity contribution in [2.24, 2.45) is 0 Å². The van der Waals surface area contributed by atoms with Crippen molar-refractivity contribution in [1.29, 1.82) is 0 Å². The minimum atomic E-state index is 0.648. The molecule has 0 saturated carbocycles. The summed E-state index contributed by atoms with van der Waals surface area (Å²) in [7, 11) is 4.39. The third-order valence-corrected chi connectivity index (χ3v) is 3.72. The zero-order valence-electron chi connectivity index (χ0n) is 12.1. The quantitative estimate of drug-likeness (QED) is 0.642. The van der Waals surface area contributed by atoms with Crippen LogP contribution < -0.4 is 5.32 Å². The molecule has 102 valence electrons. The van der Waals surface area contributed by atoms with Crippen LogP contribution in [0.5, 0.6) is 0 Å². The van der Waals surface area contributed by atoms with E-state index in [-0.39, 0.29) is 0 Å². The van der Waals surface area contributed by atoms with Crippen LogP contribution in [0.4, 0.5) is 0 Å². The molecule has 1 fully saturated rings. The summed E-state index contributed by atoms with van der Waals surface area (Å²) >= 11 is 0. The van der Waals surface area contributed by atoms with E-state index in [9.17, 15) is 0 Å². The molecule has 4 heteroatoms. The summed E-state index contributed by atoms with van der Waals surface area (Å²) in [4.78, 5) is 7.34. The van der Waals surface area contributed by atoms with E-state index >= 15 is 0 Å². The molecule has 0 aromatic rings. The highest BCUT2D eigenvalue weighted by molar-refractivity contribution is 4.70. The van der Waals surface area contributed by atoms with Gasteiger partial charge in [-0.05, 0) is 27.9 Å². The number of rotatable bonds is 7. The van der Waals surface area contributed by atoms with Crippen LogP contribution in [0.25, 0.3) is 0 Å². The molecule has 0 unspecified atom stereocenters. The first-order chi connectivity index (χ1) is 8.09. The second-order valence-corrected chi connectivity index (χ2v) is 5.47. The summed E-state index contributed by atoms with van der Waals surface area (Å²) in [6, 6.07) is 0.648. The van der Waals surface area contributed by atoms with Crippen molar-refractivity contribution < 1.29 is 0 Å². The van der Waals surface area contributed by atoms with E-state index in [2.05, 4.69) is 48.0 Å². The lowest BCUT2D eigenvalue weighted by atomic mass is 10.3. The first kappa shape index (κ1) is 14.9. The lowest BCUT2D eigenvalue weighted by Gasteiger charge is -2.32. The number of piperazine rings is 1. The fourth-order valence-corrected chi connectivity index (χ4v) is 1.95. The van der Waals surface area contributed by atoms with Crippen LogP contribution in [0, 0.1) is 0 Å². The predicted octanol–water partition coefficient (Wildman–Crippen LogP) is 0.164. The van der Waals surface area contributed by atoms with Crippen molar-refractivity contribution >= 4 is 0 Å². The normalized spacial score (nSPS) is 19.4. The van der Waals surface area contributed by atoms with Crippen LogP contribution in [0.15, 0.2) is 0 Å². The maximum Gasteiger partial charge on any atom is 0.0110 e. The molecule has 0 aliphatic carbocycles. The molecule has 0 spiro atoms. The molecule has 0 aromatic heterocycles. The summed E-state index contributed by atoms with van der Waals surface area (Å²) in [5, 5.41) is 3.53. The van der Waals surface area contributed by atoms with Crippen molar-refractivity contribution in [2.45, 2.75) is 19.9 Å². The van der Waals surface area contributed by atoms with Crippen LogP contribution in [0.1, 0.15) is 13.8 Å². The molecule has 0 radical (unpaired) electrons. The SMILES string of the molecule is CC(C)N(C)CCNCCN1CCN(C)CC1. The summed E-state index contributed by atoms with van der Waals surface area (Å²) < 4.78 is 0. The Kier molecular flexibility index (Phi) is 7.04. The lowest BCUT2D eigenvalue weighted by molar-refractivity contribution is 0.154. The van der Waals surface area contributed by atoms with Gasteiger partial charge in [-0.1, -0.05) is 0 Å². The highest BCUT2D eigenvalue weighted by Crippen LogP contribution is 1.97. The van der Waals surface area contributed by atoms with Crippen molar-refractivity contribution in [3.05, 3.63) is 0 Å². The lowest BCUT2D eigenvalue weighted by Crippen LogP contribution is -2.46. The third-order valence-electron chi connectivity index (χ3n) is 3.72. The maximum absolute atomic E-state index is 3.53. The monoisotopic (exact) mass is 242 g/mol. The van der Waals surface area contributed by atoms with Crippen LogP contribution >= 0.6 is 0 Å². The average molecular weight is 242 g/mol. The molecule has 0 bridgehead atoms. The number of hydrogen-bond acceptors (Lipinski definition) is 4. The van der Waals surface area contributed by atoms with Crippen molar-refractivity contribution in [3.8, 4) is 0 Å². The standard InChI is InChI=1S/C13H30N4/c1-13(2)16(4)7-5-14-6-8-17-11-9-15(3)10-12-17/h13-14H,5-12H2,1-4H3. The van der Waals surface area contributed by atoms with Crippen LogP contribution in [0.3, 0.4) is 0 Å². The molecule has 0 amide bonds. The molecule has 1 aliphatic rings. The van der Waals surface area contributed by atoms with Crippen LogP contribution in [0.2, 0.25) is 0 Å². The van der Waals surface area contributed by atoms with Gasteiger partial charge >= 0.3 is 0 Å². The van der Waals surface area contributed by atoms with Gasteiger partial charge in [0.15, 0.2) is 0 Å². The number of likely N-dealkylation sites (N-methyl/N-ethyl adjacent to an activating group) is 2. The first-order valence-corrected chi connectivity index (χ1v) is 6.91. The first-order valence-electron chi connectivity index (χ1n) is 6.91. The Balaban J connectivity index is 1.94. The minimum absolute atomic E-state index is 0.648. The molecule has 1 heterocycles. The summed E-state index contributed by atoms with van der Waals surface area (Å²) in [6.45, 7) is 13.9. The van der Waals surface area contributed by atoms with Crippen molar-refractivity contribution in [3.63, 3.8) is 0 Å². The zero-order chi connectivity index (χ0) is 12.7. The predicted molar refractivity (Wildman–Crippen MR) is 74.6 cm³/mol. The Morgan fingerprint density at radius 3 is 2.35 bits per heavy atom. The molecule has 0 aromatic carbocycles. The topological polar surface area (TPSA) is 21.8 Å². The van der Waals surface area contributed by atoms with Crippen molar-refractivity contribution in [2.75, 3.05) is 66.5 Å². The second kappa shape index (κ2) is 8.03. The largest absolute Gasteiger partial charge is 0.314 e. The fraction of sp³-hybridized carbons (Fsp3) is 1.00. The maximum atomic E-state index is 3.53. The average Bonchev–Trinajstić information content (AvgIpc) is 2.30. The Morgan fingerprint density at radius 1 is 1.12 bits per heavy atom. The molecule has 1 N–H and O–H groups in total. The zero-order valence-corrected chi connectivity index (χ0v) is 12.1. The van der Waals surface area contributed by atoms with Gasteiger partial charge in [0.25, 0.3) is 0 Å². The van der Waals surface area contributed by atoms with E-state index in [0.717, 1.165) is 19.6 Å². The number of nitrogens with zero attached hydrogens (tertiary/aromatic N) is 3. The number of hydrogen-bond donors (Lipinski definition) is 1. The van der Waals surface area contributed by atoms with Crippen LogP contribution in [-0.4, -0.2) is 87.2 Å². The molecule has 1 rings (SSSR count). The molecule has 1 aliphatic heterocycles. The van der Waals surface area contributed by atoms with Crippen molar-refractivity contribution in [1.82, 2.24) is 20.0 Å². The Bertz CT molecular complexity index is 188. The van der Waals surface area contributed by atoms with E-state index < -0.39 is 0 Å². The minimum Gasteiger partial charge on any atom is -0.314 e.